The van der Waals surface area contributed by atoms with Gasteiger partial charge in [-0.25, -0.2) is 4.79 Å². The van der Waals surface area contributed by atoms with Gasteiger partial charge in [-0.05, 0) is 24.3 Å². The summed E-state index contributed by atoms with van der Waals surface area (Å²) < 4.78 is 12.7. The molecule has 3 aromatic rings. The molecular weight excluding hydrogens is 294 g/mol. The van der Waals surface area contributed by atoms with E-state index in [1.165, 1.54) is 0 Å². The Labute approximate surface area is 133 Å². The average molecular weight is 311 g/mol. The summed E-state index contributed by atoms with van der Waals surface area (Å²) in [7, 11) is 1.59. The Kier molecular flexibility index (Phi) is 4.19. The Hall–Kier alpha value is -2.95. The van der Waals surface area contributed by atoms with Crippen molar-refractivity contribution in [2.45, 2.75) is 6.54 Å². The van der Waals surface area contributed by atoms with Crippen molar-refractivity contribution in [2.24, 2.45) is 0 Å². The fourth-order valence-electron chi connectivity index (χ4n) is 2.61. The maximum atomic E-state index is 11.4. The molecule has 0 radical (unpaired) electrons. The number of nitrogens with zero attached hydrogens (tertiary/aromatic N) is 1. The Morgan fingerprint density at radius 1 is 1.09 bits per heavy atom. The normalized spacial score (nSPS) is 10.7. The summed E-state index contributed by atoms with van der Waals surface area (Å²) in [6.45, 7) is 0.784. The van der Waals surface area contributed by atoms with Gasteiger partial charge >= 0.3 is 5.97 Å². The highest BCUT2D eigenvalue weighted by molar-refractivity contribution is 5.94. The number of aromatic carboxylic acids is 1. The Balaban J connectivity index is 1.81. The van der Waals surface area contributed by atoms with Crippen LogP contribution in [0.15, 0.2) is 54.6 Å². The molecule has 0 saturated heterocycles. The molecule has 3 rings (SSSR count). The third-order valence-corrected chi connectivity index (χ3v) is 3.67. The number of carbonyl (C=O) groups is 1. The van der Waals surface area contributed by atoms with Crippen LogP contribution in [0.1, 0.15) is 10.5 Å². The molecule has 118 valence electrons. The van der Waals surface area contributed by atoms with Crippen LogP contribution >= 0.6 is 0 Å². The molecule has 0 atom stereocenters. The molecule has 0 saturated carbocycles. The van der Waals surface area contributed by atoms with Crippen molar-refractivity contribution in [3.63, 3.8) is 0 Å². The van der Waals surface area contributed by atoms with E-state index < -0.39 is 5.97 Å². The molecule has 0 aliphatic carbocycles. The van der Waals surface area contributed by atoms with Crippen LogP contribution in [0, 0.1) is 0 Å². The molecule has 0 amide bonds. The van der Waals surface area contributed by atoms with Crippen LogP contribution in [0.4, 0.5) is 0 Å². The lowest BCUT2D eigenvalue weighted by Crippen LogP contribution is -2.13. The molecule has 0 unspecified atom stereocenters. The third kappa shape index (κ3) is 2.99. The fraction of sp³-hybridized carbons (Fsp3) is 0.167. The van der Waals surface area contributed by atoms with E-state index in [0.29, 0.717) is 24.7 Å². The van der Waals surface area contributed by atoms with Crippen molar-refractivity contribution in [3.8, 4) is 11.5 Å². The third-order valence-electron chi connectivity index (χ3n) is 3.67. The predicted molar refractivity (Wildman–Crippen MR) is 87.4 cm³/mol. The highest BCUT2D eigenvalue weighted by Crippen LogP contribution is 2.26. The number of rotatable bonds is 6. The van der Waals surface area contributed by atoms with Gasteiger partial charge in [0.15, 0.2) is 11.5 Å². The second-order valence-electron chi connectivity index (χ2n) is 5.04. The van der Waals surface area contributed by atoms with E-state index in [1.54, 1.807) is 17.7 Å². The second-order valence-corrected chi connectivity index (χ2v) is 5.04. The molecule has 0 aliphatic heterocycles. The van der Waals surface area contributed by atoms with Gasteiger partial charge in [0.05, 0.1) is 13.7 Å². The minimum absolute atomic E-state index is 0.259. The minimum atomic E-state index is -0.946. The molecule has 1 aromatic heterocycles. The van der Waals surface area contributed by atoms with Crippen molar-refractivity contribution in [1.82, 2.24) is 4.57 Å². The van der Waals surface area contributed by atoms with Crippen molar-refractivity contribution in [1.29, 1.82) is 0 Å². The van der Waals surface area contributed by atoms with Gasteiger partial charge in [-0.3, -0.25) is 0 Å². The number of benzene rings is 2. The average Bonchev–Trinajstić information content (AvgIpc) is 2.94. The Morgan fingerprint density at radius 3 is 2.52 bits per heavy atom. The van der Waals surface area contributed by atoms with Crippen LogP contribution in [-0.2, 0) is 6.54 Å². The lowest BCUT2D eigenvalue weighted by Gasteiger charge is -2.12. The van der Waals surface area contributed by atoms with E-state index in [2.05, 4.69) is 0 Å². The number of aromatic nitrogens is 1. The zero-order chi connectivity index (χ0) is 16.2. The van der Waals surface area contributed by atoms with Gasteiger partial charge < -0.3 is 19.1 Å². The fourth-order valence-corrected chi connectivity index (χ4v) is 2.61. The lowest BCUT2D eigenvalue weighted by molar-refractivity contribution is 0.0684. The van der Waals surface area contributed by atoms with Crippen LogP contribution < -0.4 is 9.47 Å². The topological polar surface area (TPSA) is 60.7 Å². The van der Waals surface area contributed by atoms with Gasteiger partial charge in [0.1, 0.15) is 12.3 Å². The summed E-state index contributed by atoms with van der Waals surface area (Å²) >= 11 is 0. The maximum Gasteiger partial charge on any atom is 0.352 e. The first kappa shape index (κ1) is 15.0. The Bertz CT molecular complexity index is 838. The van der Waals surface area contributed by atoms with Crippen molar-refractivity contribution < 1.29 is 19.4 Å². The largest absolute Gasteiger partial charge is 0.493 e. The standard InChI is InChI=1S/C18H17NO4/c1-22-16-8-4-5-9-17(16)23-11-10-19-14-7-3-2-6-13(14)12-15(19)18(20)21/h2-9,12H,10-11H2,1H3,(H,20,21). The highest BCUT2D eigenvalue weighted by Gasteiger charge is 2.14. The van der Waals surface area contributed by atoms with Crippen molar-refractivity contribution in [2.75, 3.05) is 13.7 Å². The molecule has 0 fully saturated rings. The van der Waals surface area contributed by atoms with E-state index in [4.69, 9.17) is 9.47 Å². The summed E-state index contributed by atoms with van der Waals surface area (Å²) in [5.74, 6) is 0.352. The quantitative estimate of drug-likeness (QED) is 0.757. The highest BCUT2D eigenvalue weighted by atomic mass is 16.5. The van der Waals surface area contributed by atoms with Gasteiger partial charge in [0.2, 0.25) is 0 Å². The van der Waals surface area contributed by atoms with Crippen molar-refractivity contribution in [3.05, 3.63) is 60.3 Å². The molecule has 1 heterocycles. The van der Waals surface area contributed by atoms with Gasteiger partial charge in [-0.15, -0.1) is 0 Å². The first-order valence-corrected chi connectivity index (χ1v) is 7.28. The van der Waals surface area contributed by atoms with Crippen LogP contribution in [0.2, 0.25) is 0 Å². The zero-order valence-electron chi connectivity index (χ0n) is 12.7. The number of hydrogen-bond donors (Lipinski definition) is 1. The molecule has 5 heteroatoms. The molecule has 0 bridgehead atoms. The SMILES string of the molecule is COc1ccccc1OCCn1c(C(=O)O)cc2ccccc21. The van der Waals surface area contributed by atoms with Gasteiger partial charge in [0, 0.05) is 10.9 Å². The molecule has 5 nitrogen and oxygen atoms in total. The number of fused-ring (bicyclic) bond motifs is 1. The lowest BCUT2D eigenvalue weighted by atomic mass is 10.2. The molecule has 1 N–H and O–H groups in total. The van der Waals surface area contributed by atoms with Gasteiger partial charge in [-0.1, -0.05) is 30.3 Å². The van der Waals surface area contributed by atoms with Gasteiger partial charge in [0.25, 0.3) is 0 Å². The van der Waals surface area contributed by atoms with E-state index in [0.717, 1.165) is 10.9 Å². The minimum Gasteiger partial charge on any atom is -0.493 e. The van der Waals surface area contributed by atoms with Crippen molar-refractivity contribution >= 4 is 16.9 Å². The zero-order valence-corrected chi connectivity index (χ0v) is 12.7. The van der Waals surface area contributed by atoms with Crippen LogP contribution in [0.25, 0.3) is 10.9 Å². The van der Waals surface area contributed by atoms with Crippen LogP contribution in [-0.4, -0.2) is 29.4 Å². The van der Waals surface area contributed by atoms with Crippen LogP contribution in [0.3, 0.4) is 0 Å². The monoisotopic (exact) mass is 311 g/mol. The second kappa shape index (κ2) is 6.44. The first-order valence-electron chi connectivity index (χ1n) is 7.28. The molecule has 0 aliphatic rings. The first-order chi connectivity index (χ1) is 11.2. The number of carboxylic acids is 1. The molecule has 23 heavy (non-hydrogen) atoms. The number of carboxylic acid groups (broad SMARTS) is 1. The predicted octanol–water partition coefficient (Wildman–Crippen LogP) is 3.43. The number of ether oxygens (including phenoxy) is 2. The molecular formula is C18H17NO4. The van der Waals surface area contributed by atoms with E-state index >= 15 is 0 Å². The number of hydrogen-bond acceptors (Lipinski definition) is 3. The summed E-state index contributed by atoms with van der Waals surface area (Å²) in [6.07, 6.45) is 0. The Morgan fingerprint density at radius 2 is 1.78 bits per heavy atom. The maximum absolute atomic E-state index is 11.4. The summed E-state index contributed by atoms with van der Waals surface area (Å²) in [6, 6.07) is 16.7. The van der Waals surface area contributed by atoms with Crippen LogP contribution in [0.5, 0.6) is 11.5 Å². The summed E-state index contributed by atoms with van der Waals surface area (Å²) in [4.78, 5) is 11.4. The van der Waals surface area contributed by atoms with Gasteiger partial charge in [-0.2, -0.15) is 0 Å². The molecule has 2 aromatic carbocycles. The molecule has 0 spiro atoms. The van der Waals surface area contributed by atoms with E-state index in [-0.39, 0.29) is 5.69 Å². The smallest absolute Gasteiger partial charge is 0.352 e. The number of para-hydroxylation sites is 3. The van der Waals surface area contributed by atoms with E-state index in [9.17, 15) is 9.90 Å². The summed E-state index contributed by atoms with van der Waals surface area (Å²) in [5, 5.41) is 10.3. The number of methoxy groups -OCH3 is 1. The van der Waals surface area contributed by atoms with E-state index in [1.807, 2.05) is 48.5 Å². The summed E-state index contributed by atoms with van der Waals surface area (Å²) in [5.41, 5.74) is 1.14.